The van der Waals surface area contributed by atoms with E-state index in [1.165, 1.54) is 36.9 Å². The first-order valence-corrected chi connectivity index (χ1v) is 12.6. The molecule has 1 aromatic carbocycles. The third-order valence-corrected chi connectivity index (χ3v) is 8.77. The molecule has 1 fully saturated rings. The normalized spacial score (nSPS) is 16.4. The topological polar surface area (TPSA) is 135 Å². The van der Waals surface area contributed by atoms with Crippen LogP contribution in [0, 0.1) is 0 Å². The zero-order valence-electron chi connectivity index (χ0n) is 18.9. The number of nitrogens with two attached hydrogens (primary N) is 1. The van der Waals surface area contributed by atoms with Gasteiger partial charge in [-0.3, -0.25) is 9.78 Å². The first-order valence-electron chi connectivity index (χ1n) is 11.2. The predicted molar refractivity (Wildman–Crippen MR) is 129 cm³/mol. The Balaban J connectivity index is 1.75. The highest BCUT2D eigenvalue weighted by molar-refractivity contribution is 7.92. The molecule has 178 valence electrons. The number of anilines is 1. The van der Waals surface area contributed by atoms with Gasteiger partial charge in [0.25, 0.3) is 0 Å². The van der Waals surface area contributed by atoms with Gasteiger partial charge in [-0.25, -0.2) is 13.4 Å². The number of pyridine rings is 2. The highest BCUT2D eigenvalue weighted by atomic mass is 32.2. The molecular weight excluding hydrogens is 452 g/mol. The number of aromatic nitrogens is 2. The van der Waals surface area contributed by atoms with Gasteiger partial charge < -0.3 is 16.2 Å². The highest BCUT2D eigenvalue weighted by Crippen LogP contribution is 2.50. The fraction of sp³-hybridized carbons (Fsp3) is 0.320. The van der Waals surface area contributed by atoms with Gasteiger partial charge in [-0.05, 0) is 60.1 Å². The summed E-state index contributed by atoms with van der Waals surface area (Å²) in [4.78, 5) is 17.4. The Morgan fingerprint density at radius 3 is 2.47 bits per heavy atom. The van der Waals surface area contributed by atoms with Crippen LogP contribution < -0.4 is 11.1 Å². The minimum atomic E-state index is -4.12. The van der Waals surface area contributed by atoms with Gasteiger partial charge in [0.2, 0.25) is 9.84 Å². The Bertz CT molecular complexity index is 1280. The van der Waals surface area contributed by atoms with Crippen molar-refractivity contribution in [3.63, 3.8) is 0 Å². The summed E-state index contributed by atoms with van der Waals surface area (Å²) in [5.74, 6) is -0.833. The molecule has 1 saturated carbocycles. The predicted octanol–water partition coefficient (Wildman–Crippen LogP) is 3.24. The number of carboxylic acids is 1. The minimum Gasteiger partial charge on any atom is -0.480 e. The van der Waals surface area contributed by atoms with Gasteiger partial charge in [0, 0.05) is 18.8 Å². The van der Waals surface area contributed by atoms with Crippen LogP contribution in [0.15, 0.2) is 71.9 Å². The summed E-state index contributed by atoms with van der Waals surface area (Å²) in [6, 6.07) is 15.7. The minimum absolute atomic E-state index is 0.0114. The third kappa shape index (κ3) is 4.53. The second kappa shape index (κ2) is 9.15. The van der Waals surface area contributed by atoms with Crippen molar-refractivity contribution in [2.45, 2.75) is 47.8 Å². The van der Waals surface area contributed by atoms with E-state index in [1.807, 2.05) is 12.1 Å². The number of rotatable bonds is 10. The molecule has 0 spiro atoms. The smallest absolute Gasteiger partial charge is 0.322 e. The number of aliphatic carboxylic acids is 1. The van der Waals surface area contributed by atoms with Crippen molar-refractivity contribution in [3.05, 3.63) is 83.8 Å². The van der Waals surface area contributed by atoms with E-state index in [2.05, 4.69) is 34.3 Å². The molecule has 1 unspecified atom stereocenters. The van der Waals surface area contributed by atoms with Crippen LogP contribution in [0.1, 0.15) is 43.0 Å². The average molecular weight is 481 g/mol. The number of carbonyl (C=O) groups is 1. The fourth-order valence-electron chi connectivity index (χ4n) is 4.25. The van der Waals surface area contributed by atoms with E-state index in [-0.39, 0.29) is 34.8 Å². The number of hydrogen-bond donors (Lipinski definition) is 3. The molecule has 1 aliphatic carbocycles. The molecule has 1 atom stereocenters. The fourth-order valence-corrected chi connectivity index (χ4v) is 5.87. The van der Waals surface area contributed by atoms with Gasteiger partial charge in [-0.1, -0.05) is 37.3 Å². The Labute approximate surface area is 199 Å². The van der Waals surface area contributed by atoms with Crippen LogP contribution in [-0.2, 0) is 31.3 Å². The summed E-state index contributed by atoms with van der Waals surface area (Å²) in [6.07, 6.45) is 6.15. The number of carboxylic acid groups (broad SMARTS) is 1. The van der Waals surface area contributed by atoms with Crippen molar-refractivity contribution in [3.8, 4) is 0 Å². The average Bonchev–Trinajstić information content (AvgIpc) is 3.65. The SMILES string of the molecule is CCC1(c2ccc(CC(N)(c3cccc(NCC(=O)O)n3)S(=O)(=O)c3cccnc3)cc2)CC1. The number of nitrogens with one attached hydrogen (secondary N) is 1. The number of benzene rings is 1. The summed E-state index contributed by atoms with van der Waals surface area (Å²) in [7, 11) is -4.12. The van der Waals surface area contributed by atoms with Crippen LogP contribution in [-0.4, -0.2) is 36.0 Å². The second-order valence-electron chi connectivity index (χ2n) is 8.74. The van der Waals surface area contributed by atoms with Crippen LogP contribution in [0.3, 0.4) is 0 Å². The van der Waals surface area contributed by atoms with Crippen LogP contribution in [0.4, 0.5) is 5.82 Å². The monoisotopic (exact) mass is 480 g/mol. The molecule has 0 saturated heterocycles. The van der Waals surface area contributed by atoms with Crippen molar-refractivity contribution in [2.75, 3.05) is 11.9 Å². The van der Waals surface area contributed by atoms with Crippen molar-refractivity contribution < 1.29 is 18.3 Å². The van der Waals surface area contributed by atoms with Crippen molar-refractivity contribution in [1.29, 1.82) is 0 Å². The number of hydrogen-bond acceptors (Lipinski definition) is 7. The molecular formula is C25H28N4O4S. The number of sulfone groups is 1. The molecule has 4 rings (SSSR count). The number of nitrogens with zero attached hydrogens (tertiary/aromatic N) is 2. The zero-order valence-corrected chi connectivity index (χ0v) is 19.8. The molecule has 2 heterocycles. The largest absolute Gasteiger partial charge is 0.480 e. The summed E-state index contributed by atoms with van der Waals surface area (Å²) < 4.78 is 27.6. The van der Waals surface area contributed by atoms with Crippen LogP contribution in [0.2, 0.25) is 0 Å². The summed E-state index contributed by atoms with van der Waals surface area (Å²) in [5.41, 5.74) is 9.10. The van der Waals surface area contributed by atoms with E-state index in [9.17, 15) is 13.2 Å². The maximum absolute atomic E-state index is 13.8. The van der Waals surface area contributed by atoms with Gasteiger partial charge in [-0.15, -0.1) is 0 Å². The van der Waals surface area contributed by atoms with Crippen LogP contribution >= 0.6 is 0 Å². The molecule has 3 aromatic rings. The quantitative estimate of drug-likeness (QED) is 0.402. The first-order chi connectivity index (χ1) is 16.2. The van der Waals surface area contributed by atoms with Crippen molar-refractivity contribution in [2.24, 2.45) is 5.73 Å². The van der Waals surface area contributed by atoms with Crippen molar-refractivity contribution >= 4 is 21.6 Å². The van der Waals surface area contributed by atoms with Crippen LogP contribution in [0.5, 0.6) is 0 Å². The zero-order chi connectivity index (χ0) is 24.4. The highest BCUT2D eigenvalue weighted by Gasteiger charge is 2.45. The van der Waals surface area contributed by atoms with Gasteiger partial charge in [0.15, 0.2) is 4.87 Å². The van der Waals surface area contributed by atoms with Crippen molar-refractivity contribution in [1.82, 2.24) is 9.97 Å². The summed E-state index contributed by atoms with van der Waals surface area (Å²) >= 11 is 0. The lowest BCUT2D eigenvalue weighted by Crippen LogP contribution is -2.47. The van der Waals surface area contributed by atoms with Crippen LogP contribution in [0.25, 0.3) is 0 Å². The molecule has 0 amide bonds. The van der Waals surface area contributed by atoms with Gasteiger partial charge in [0.05, 0.1) is 10.6 Å². The Hall–Kier alpha value is -3.30. The molecule has 2 aromatic heterocycles. The maximum Gasteiger partial charge on any atom is 0.322 e. The molecule has 8 nitrogen and oxygen atoms in total. The lowest BCUT2D eigenvalue weighted by Gasteiger charge is -2.29. The third-order valence-electron chi connectivity index (χ3n) is 6.59. The van der Waals surface area contributed by atoms with E-state index in [0.29, 0.717) is 0 Å². The molecule has 34 heavy (non-hydrogen) atoms. The van der Waals surface area contributed by atoms with Gasteiger partial charge >= 0.3 is 5.97 Å². The lowest BCUT2D eigenvalue weighted by atomic mass is 9.91. The molecule has 9 heteroatoms. The molecule has 0 aliphatic heterocycles. The Kier molecular flexibility index (Phi) is 6.42. The van der Waals surface area contributed by atoms with E-state index in [4.69, 9.17) is 10.8 Å². The van der Waals surface area contributed by atoms with E-state index in [1.54, 1.807) is 24.3 Å². The standard InChI is InChI=1S/C25H28N4O4S/c1-2-24(12-13-24)19-10-8-18(9-11-19)15-25(26,34(32,33)20-5-4-14-27-16-20)21-6-3-7-22(29-21)28-17-23(30)31/h3-11,14,16H,2,12-13,15,17,26H2,1H3,(H,28,29)(H,30,31). The Morgan fingerprint density at radius 1 is 1.15 bits per heavy atom. The lowest BCUT2D eigenvalue weighted by molar-refractivity contribution is -0.134. The van der Waals surface area contributed by atoms with Gasteiger partial charge in [0.1, 0.15) is 12.4 Å². The molecule has 0 radical (unpaired) electrons. The van der Waals surface area contributed by atoms with E-state index < -0.39 is 20.7 Å². The Morgan fingerprint density at radius 2 is 1.88 bits per heavy atom. The van der Waals surface area contributed by atoms with E-state index in [0.717, 1.165) is 12.0 Å². The summed E-state index contributed by atoms with van der Waals surface area (Å²) in [6.45, 7) is 1.83. The second-order valence-corrected chi connectivity index (χ2v) is 11.0. The molecule has 4 N–H and O–H groups in total. The molecule has 1 aliphatic rings. The molecule has 0 bridgehead atoms. The summed E-state index contributed by atoms with van der Waals surface area (Å²) in [5, 5.41) is 11.6. The maximum atomic E-state index is 13.8. The van der Waals surface area contributed by atoms with Gasteiger partial charge in [-0.2, -0.15) is 0 Å². The van der Waals surface area contributed by atoms with E-state index >= 15 is 0 Å². The first kappa shape index (κ1) is 23.8.